The van der Waals surface area contributed by atoms with Crippen LogP contribution in [-0.2, 0) is 0 Å². The Morgan fingerprint density at radius 1 is 0.629 bits per heavy atom. The third kappa shape index (κ3) is 5.32. The first-order valence-corrected chi connectivity index (χ1v) is 22.3. The molecule has 5 heteroatoms. The van der Waals surface area contributed by atoms with Gasteiger partial charge < -0.3 is 8.83 Å². The van der Waals surface area contributed by atoms with Crippen molar-refractivity contribution in [1.29, 1.82) is 0 Å². The van der Waals surface area contributed by atoms with Crippen molar-refractivity contribution in [3.8, 4) is 0 Å². The molecule has 0 amide bonds. The van der Waals surface area contributed by atoms with Crippen LogP contribution in [0.4, 0.5) is 0 Å². The quantitative estimate of drug-likeness (QED) is 0.340. The van der Waals surface area contributed by atoms with E-state index in [1.807, 2.05) is 0 Å². The molecule has 0 fully saturated rings. The largest absolute Gasteiger partial charge is 0.467 e. The number of hydrogen-bond acceptors (Lipinski definition) is 2. The van der Waals surface area contributed by atoms with Gasteiger partial charge in [0.2, 0.25) is 0 Å². The Morgan fingerprint density at radius 3 is 1.31 bits per heavy atom. The summed E-state index contributed by atoms with van der Waals surface area (Å²) in [5.41, 5.74) is 8.74. The summed E-state index contributed by atoms with van der Waals surface area (Å²) in [6.45, 7) is 23.3. The Balaban J connectivity index is 1.48. The molecule has 188 valence electrons. The van der Waals surface area contributed by atoms with E-state index < -0.39 is 16.1 Å². The Labute approximate surface area is 217 Å². The highest BCUT2D eigenvalue weighted by Crippen LogP contribution is 2.43. The normalized spacial score (nSPS) is 21.7. The molecule has 0 saturated heterocycles. The maximum atomic E-state index is 6.43. The first kappa shape index (κ1) is 26.2. The fourth-order valence-electron chi connectivity index (χ4n) is 5.46. The molecule has 0 spiro atoms. The van der Waals surface area contributed by atoms with Crippen molar-refractivity contribution in [1.82, 2.24) is 0 Å². The van der Waals surface area contributed by atoms with Gasteiger partial charge in [0, 0.05) is 32.5 Å². The van der Waals surface area contributed by atoms with Crippen molar-refractivity contribution in [2.24, 2.45) is 11.8 Å². The van der Waals surface area contributed by atoms with Crippen molar-refractivity contribution < 1.29 is 8.83 Å². The summed E-state index contributed by atoms with van der Waals surface area (Å²) in [6, 6.07) is 11.5. The summed E-state index contributed by atoms with van der Waals surface area (Å²) in [5.74, 6) is 3.23. The van der Waals surface area contributed by atoms with Gasteiger partial charge in [-0.25, -0.2) is 0 Å². The van der Waals surface area contributed by atoms with E-state index in [-0.39, 0.29) is 9.52 Å². The first-order chi connectivity index (χ1) is 16.3. The predicted molar refractivity (Wildman–Crippen MR) is 161 cm³/mol. The highest BCUT2D eigenvalue weighted by atomic mass is 28.3. The van der Waals surface area contributed by atoms with Gasteiger partial charge in [-0.15, -0.1) is 0 Å². The molecule has 0 radical (unpaired) electrons. The maximum Gasteiger partial charge on any atom is 0.130 e. The molecule has 0 bridgehead atoms. The lowest BCUT2D eigenvalue weighted by atomic mass is 9.96. The third-order valence-electron chi connectivity index (χ3n) is 8.03. The molecule has 35 heavy (non-hydrogen) atoms. The van der Waals surface area contributed by atoms with Crippen LogP contribution in [-0.4, -0.2) is 25.7 Å². The minimum absolute atomic E-state index is 0.287. The van der Waals surface area contributed by atoms with Crippen LogP contribution >= 0.6 is 0 Å². The summed E-state index contributed by atoms with van der Waals surface area (Å²) in [7, 11) is -3.17. The summed E-state index contributed by atoms with van der Waals surface area (Å²) < 4.78 is 12.9. The lowest BCUT2D eigenvalue weighted by Crippen LogP contribution is -2.36. The summed E-state index contributed by atoms with van der Waals surface area (Å²) in [6.07, 6.45) is 4.77. The second kappa shape index (κ2) is 9.56. The fourth-order valence-corrected chi connectivity index (χ4v) is 10.00. The van der Waals surface area contributed by atoms with Crippen molar-refractivity contribution >= 4 is 47.6 Å². The van der Waals surface area contributed by atoms with Gasteiger partial charge in [-0.2, -0.15) is 0 Å². The van der Waals surface area contributed by atoms with Crippen molar-refractivity contribution in [2.45, 2.75) is 79.1 Å². The van der Waals surface area contributed by atoms with Gasteiger partial charge in [0.1, 0.15) is 27.7 Å². The van der Waals surface area contributed by atoms with Gasteiger partial charge >= 0.3 is 0 Å². The monoisotopic (exact) mass is 520 g/mol. The van der Waals surface area contributed by atoms with Crippen molar-refractivity contribution in [3.63, 3.8) is 0 Å². The van der Waals surface area contributed by atoms with Crippen LogP contribution < -0.4 is 10.8 Å². The van der Waals surface area contributed by atoms with Crippen molar-refractivity contribution in [2.75, 3.05) is 0 Å². The maximum absolute atomic E-state index is 6.43. The van der Waals surface area contributed by atoms with E-state index in [4.69, 9.17) is 8.83 Å². The van der Waals surface area contributed by atoms with Crippen molar-refractivity contribution in [3.05, 3.63) is 70.2 Å². The minimum Gasteiger partial charge on any atom is -0.467 e. The molecular weight excluding hydrogens is 477 g/mol. The summed E-state index contributed by atoms with van der Waals surface area (Å²) >= 11 is 0. The average Bonchev–Trinajstić information content (AvgIpc) is 3.52. The summed E-state index contributed by atoms with van der Waals surface area (Å²) in [4.78, 5) is 0. The molecule has 0 N–H and O–H groups in total. The third-order valence-corrected chi connectivity index (χ3v) is 13.5. The molecule has 0 aromatic carbocycles. The lowest BCUT2D eigenvalue weighted by Gasteiger charge is -2.20. The number of allylic oxidation sites excluding steroid dienone is 8. The van der Waals surface area contributed by atoms with Crippen LogP contribution in [0.1, 0.15) is 39.2 Å². The van der Waals surface area contributed by atoms with Crippen LogP contribution in [0.25, 0.3) is 11.1 Å². The highest BCUT2D eigenvalue weighted by Gasteiger charge is 2.31. The minimum atomic E-state index is -1.44. The van der Waals surface area contributed by atoms with Gasteiger partial charge in [0.05, 0.1) is 10.8 Å². The van der Waals surface area contributed by atoms with Gasteiger partial charge in [0.25, 0.3) is 0 Å². The first-order valence-electron chi connectivity index (χ1n) is 13.3. The van der Waals surface area contributed by atoms with Gasteiger partial charge in [-0.3, -0.25) is 0 Å². The van der Waals surface area contributed by atoms with E-state index in [1.165, 1.54) is 56.3 Å². The zero-order valence-corrected chi connectivity index (χ0v) is 27.0. The van der Waals surface area contributed by atoms with Crippen LogP contribution in [0.5, 0.6) is 0 Å². The predicted octanol–water partition coefficient (Wildman–Crippen LogP) is 7.37. The van der Waals surface area contributed by atoms with Gasteiger partial charge in [-0.05, 0) is 52.0 Å². The lowest BCUT2D eigenvalue weighted by molar-refractivity contribution is 0.574. The molecule has 2 nitrogen and oxygen atoms in total. The molecule has 0 saturated carbocycles. The van der Waals surface area contributed by atoms with Gasteiger partial charge in [-0.1, -0.05) is 85.8 Å². The van der Waals surface area contributed by atoms with E-state index in [2.05, 4.69) is 103 Å². The standard InChI is InChI=1S/C30H44O2Si3/c1-19-15-23(27-11-13-29(31-27)34(5,6)7)25(21(19)3)17-33-18-26-22(4)20(2)16-24(26)28-12-14-30(32-28)35(8,9)10/h11-16,25-26H,17-18,33H2,1-10H3. The van der Waals surface area contributed by atoms with E-state index in [0.29, 0.717) is 11.8 Å². The molecule has 2 aromatic rings. The average molecular weight is 521 g/mol. The Kier molecular flexibility index (Phi) is 7.17. The Hall–Kier alpha value is -1.83. The SMILES string of the molecule is CC1=C(C)C(C[SiH2]CC2C(c3ccc([Si](C)(C)C)o3)=CC(C)=C2C)C(c2ccc([Si](C)(C)C)o2)=C1. The van der Waals surface area contributed by atoms with Crippen LogP contribution in [0.3, 0.4) is 0 Å². The topological polar surface area (TPSA) is 26.3 Å². The molecule has 0 aliphatic heterocycles. The van der Waals surface area contributed by atoms with Crippen LogP contribution in [0, 0.1) is 11.8 Å². The molecular formula is C30H44O2Si3. The smallest absolute Gasteiger partial charge is 0.130 e. The zero-order valence-electron chi connectivity index (χ0n) is 23.6. The van der Waals surface area contributed by atoms with Gasteiger partial charge in [0.15, 0.2) is 0 Å². The highest BCUT2D eigenvalue weighted by molar-refractivity contribution is 6.88. The molecule has 2 heterocycles. The second-order valence-corrected chi connectivity index (χ2v) is 24.6. The van der Waals surface area contributed by atoms with Crippen LogP contribution in [0.2, 0.25) is 51.4 Å². The molecule has 2 aromatic heterocycles. The number of furan rings is 2. The van der Waals surface area contributed by atoms with E-state index in [9.17, 15) is 0 Å². The van der Waals surface area contributed by atoms with E-state index in [1.54, 1.807) is 0 Å². The molecule has 2 unspecified atom stereocenters. The zero-order chi connectivity index (χ0) is 25.7. The molecule has 4 rings (SSSR count). The summed E-state index contributed by atoms with van der Waals surface area (Å²) in [5, 5.41) is 2.42. The number of rotatable bonds is 8. The molecule has 2 aliphatic rings. The van der Waals surface area contributed by atoms with E-state index in [0.717, 1.165) is 11.5 Å². The van der Waals surface area contributed by atoms with E-state index >= 15 is 0 Å². The van der Waals surface area contributed by atoms with Crippen LogP contribution in [0.15, 0.2) is 67.5 Å². The Morgan fingerprint density at radius 2 is 1.00 bits per heavy atom. The number of hydrogen-bond donors (Lipinski definition) is 0. The Bertz CT molecular complexity index is 1140. The molecule has 2 aliphatic carbocycles. The second-order valence-electron chi connectivity index (χ2n) is 12.8. The molecule has 2 atom stereocenters. The fraction of sp³-hybridized carbons (Fsp3) is 0.467.